The van der Waals surface area contributed by atoms with Crippen LogP contribution in [-0.4, -0.2) is 43.1 Å². The third kappa shape index (κ3) is 4.00. The van der Waals surface area contributed by atoms with Gasteiger partial charge < -0.3 is 9.64 Å². The van der Waals surface area contributed by atoms with Gasteiger partial charge in [0.05, 0.1) is 18.9 Å². The number of carbonyl (C=O) groups is 2. The number of rotatable bonds is 4. The molecule has 1 saturated heterocycles. The predicted octanol–water partition coefficient (Wildman–Crippen LogP) is 1.99. The zero-order chi connectivity index (χ0) is 19.7. The summed E-state index contributed by atoms with van der Waals surface area (Å²) in [4.78, 5) is 31.8. The van der Waals surface area contributed by atoms with E-state index in [0.717, 1.165) is 23.8 Å². The van der Waals surface area contributed by atoms with Gasteiger partial charge in [0, 0.05) is 19.0 Å². The molecular formula is C19H21FN4O3S. The van der Waals surface area contributed by atoms with Gasteiger partial charge in [0.25, 0.3) is 5.91 Å². The maximum absolute atomic E-state index is 13.0. The van der Waals surface area contributed by atoms with Crippen LogP contribution in [0.15, 0.2) is 24.3 Å². The van der Waals surface area contributed by atoms with Crippen LogP contribution in [0.25, 0.3) is 0 Å². The number of amides is 2. The van der Waals surface area contributed by atoms with Gasteiger partial charge in [-0.15, -0.1) is 0 Å². The van der Waals surface area contributed by atoms with E-state index in [4.69, 9.17) is 4.74 Å². The van der Waals surface area contributed by atoms with Gasteiger partial charge in [-0.05, 0) is 37.0 Å². The molecule has 9 heteroatoms. The normalized spacial score (nSPS) is 21.3. The minimum Gasteiger partial charge on any atom is -0.378 e. The number of nitrogens with one attached hydrogen (secondary N) is 2. The summed E-state index contributed by atoms with van der Waals surface area (Å²) in [5, 5.41) is 0.788. The minimum atomic E-state index is -0.373. The second-order valence-corrected chi connectivity index (χ2v) is 7.93. The number of aromatic nitrogens is 1. The molecule has 1 aromatic heterocycles. The molecule has 7 nitrogen and oxygen atoms in total. The van der Waals surface area contributed by atoms with Gasteiger partial charge in [-0.1, -0.05) is 23.5 Å². The smallest absolute Gasteiger partial charge is 0.281 e. The topological polar surface area (TPSA) is 83.6 Å². The molecule has 1 aliphatic heterocycles. The average molecular weight is 404 g/mol. The van der Waals surface area contributed by atoms with E-state index < -0.39 is 0 Å². The number of hydrogen-bond acceptors (Lipinski definition) is 6. The Hall–Kier alpha value is -2.52. The number of hydrogen-bond donors (Lipinski definition) is 2. The lowest BCUT2D eigenvalue weighted by molar-refractivity contribution is -0.123. The zero-order valence-corrected chi connectivity index (χ0v) is 16.2. The molecule has 4 rings (SSSR count). The monoisotopic (exact) mass is 404 g/mol. The van der Waals surface area contributed by atoms with E-state index in [1.165, 1.54) is 23.5 Å². The van der Waals surface area contributed by atoms with E-state index in [2.05, 4.69) is 20.7 Å². The maximum atomic E-state index is 13.0. The largest absolute Gasteiger partial charge is 0.378 e. The zero-order valence-electron chi connectivity index (χ0n) is 15.4. The van der Waals surface area contributed by atoms with Crippen molar-refractivity contribution >= 4 is 28.3 Å². The molecule has 2 fully saturated rings. The fourth-order valence-electron chi connectivity index (χ4n) is 3.31. The van der Waals surface area contributed by atoms with Gasteiger partial charge in [-0.25, -0.2) is 9.37 Å². The molecule has 2 aliphatic rings. The van der Waals surface area contributed by atoms with E-state index in [-0.39, 0.29) is 29.5 Å². The van der Waals surface area contributed by atoms with Gasteiger partial charge in [0.15, 0.2) is 5.13 Å². The lowest BCUT2D eigenvalue weighted by Crippen LogP contribution is -2.42. The number of carbonyl (C=O) groups excluding carboxylic acids is 2. The van der Waals surface area contributed by atoms with Gasteiger partial charge in [0.2, 0.25) is 5.91 Å². The van der Waals surface area contributed by atoms with Crippen molar-refractivity contribution in [2.75, 3.05) is 31.2 Å². The highest BCUT2D eigenvalue weighted by atomic mass is 32.1. The molecule has 2 amide bonds. The summed E-state index contributed by atoms with van der Waals surface area (Å²) in [5.74, 6) is -1.05. The highest BCUT2D eigenvalue weighted by Gasteiger charge is 2.44. The summed E-state index contributed by atoms with van der Waals surface area (Å²) in [6.07, 6.45) is 0.689. The van der Waals surface area contributed by atoms with Crippen molar-refractivity contribution in [1.29, 1.82) is 0 Å². The minimum absolute atomic E-state index is 0.0653. The molecule has 0 radical (unpaired) electrons. The maximum Gasteiger partial charge on any atom is 0.281 e. The van der Waals surface area contributed by atoms with Crippen molar-refractivity contribution in [3.8, 4) is 0 Å². The number of hydrazine groups is 1. The first-order chi connectivity index (χ1) is 13.5. The molecule has 2 aromatic rings. The van der Waals surface area contributed by atoms with Gasteiger partial charge >= 0.3 is 0 Å². The molecule has 2 heterocycles. The van der Waals surface area contributed by atoms with Crippen molar-refractivity contribution in [3.05, 3.63) is 46.2 Å². The molecule has 2 N–H and O–H groups in total. The Balaban J connectivity index is 1.31. The van der Waals surface area contributed by atoms with Crippen LogP contribution in [0.5, 0.6) is 0 Å². The Morgan fingerprint density at radius 2 is 1.93 bits per heavy atom. The van der Waals surface area contributed by atoms with E-state index in [0.29, 0.717) is 30.2 Å². The predicted molar refractivity (Wildman–Crippen MR) is 103 cm³/mol. The third-order valence-corrected chi connectivity index (χ3v) is 6.21. The number of aryl methyl sites for hydroxylation is 1. The molecule has 1 saturated carbocycles. The third-order valence-electron chi connectivity index (χ3n) is 5.00. The van der Waals surface area contributed by atoms with Crippen molar-refractivity contribution in [3.63, 3.8) is 0 Å². The first kappa shape index (κ1) is 18.8. The number of anilines is 1. The number of benzene rings is 1. The van der Waals surface area contributed by atoms with E-state index in [1.807, 2.05) is 0 Å². The standard InChI is InChI=1S/C19H21FN4O3S/c1-11-16(28-19(21-11)24-6-8-27-9-7-24)18(26)23-22-17(25)15-10-14(15)12-2-4-13(20)5-3-12/h2-5,14-15H,6-10H2,1H3,(H,22,25)(H,23,26). The first-order valence-electron chi connectivity index (χ1n) is 9.18. The summed E-state index contributed by atoms with van der Waals surface area (Å²) < 4.78 is 18.3. The molecular weight excluding hydrogens is 383 g/mol. The molecule has 28 heavy (non-hydrogen) atoms. The molecule has 0 bridgehead atoms. The van der Waals surface area contributed by atoms with Crippen molar-refractivity contribution in [2.24, 2.45) is 5.92 Å². The Bertz CT molecular complexity index is 880. The molecule has 1 aromatic carbocycles. The van der Waals surface area contributed by atoms with Crippen molar-refractivity contribution < 1.29 is 18.7 Å². The highest BCUT2D eigenvalue weighted by Crippen LogP contribution is 2.47. The number of thiazole rings is 1. The van der Waals surface area contributed by atoms with Crippen molar-refractivity contribution in [1.82, 2.24) is 15.8 Å². The molecule has 2 unspecified atom stereocenters. The average Bonchev–Trinajstić information content (AvgIpc) is 3.42. The van der Waals surface area contributed by atoms with Gasteiger partial charge in [0.1, 0.15) is 10.7 Å². The lowest BCUT2D eigenvalue weighted by Gasteiger charge is -2.25. The van der Waals surface area contributed by atoms with E-state index in [9.17, 15) is 14.0 Å². The summed E-state index contributed by atoms with van der Waals surface area (Å²) in [5.41, 5.74) is 6.55. The van der Waals surface area contributed by atoms with Crippen molar-refractivity contribution in [2.45, 2.75) is 19.3 Å². The van der Waals surface area contributed by atoms with E-state index in [1.54, 1.807) is 19.1 Å². The van der Waals surface area contributed by atoms with Crippen LogP contribution < -0.4 is 15.8 Å². The van der Waals surface area contributed by atoms with Crippen LogP contribution in [-0.2, 0) is 9.53 Å². The summed E-state index contributed by atoms with van der Waals surface area (Å²) in [6, 6.07) is 6.17. The van der Waals surface area contributed by atoms with Gasteiger partial charge in [-0.2, -0.15) is 0 Å². The highest BCUT2D eigenvalue weighted by molar-refractivity contribution is 7.17. The van der Waals surface area contributed by atoms with Crippen LogP contribution in [0.2, 0.25) is 0 Å². The Morgan fingerprint density at radius 3 is 2.64 bits per heavy atom. The first-order valence-corrected chi connectivity index (χ1v) is 10.0. The lowest BCUT2D eigenvalue weighted by atomic mass is 10.1. The molecule has 0 spiro atoms. The SMILES string of the molecule is Cc1nc(N2CCOCC2)sc1C(=O)NNC(=O)C1CC1c1ccc(F)cc1. The van der Waals surface area contributed by atoms with Gasteiger partial charge in [-0.3, -0.25) is 20.4 Å². The number of ether oxygens (including phenoxy) is 1. The number of nitrogens with zero attached hydrogens (tertiary/aromatic N) is 2. The Morgan fingerprint density at radius 1 is 1.21 bits per heavy atom. The second-order valence-electron chi connectivity index (χ2n) is 6.95. The summed E-state index contributed by atoms with van der Waals surface area (Å²) in [7, 11) is 0. The molecule has 1 aliphatic carbocycles. The fourth-order valence-corrected chi connectivity index (χ4v) is 4.33. The number of morpholine rings is 1. The van der Waals surface area contributed by atoms with Crippen LogP contribution in [0, 0.1) is 18.7 Å². The quantitative estimate of drug-likeness (QED) is 0.762. The summed E-state index contributed by atoms with van der Waals surface area (Å²) in [6.45, 7) is 4.57. The fraction of sp³-hybridized carbons (Fsp3) is 0.421. The molecule has 148 valence electrons. The summed E-state index contributed by atoms with van der Waals surface area (Å²) >= 11 is 1.31. The number of halogens is 1. The van der Waals surface area contributed by atoms with Crippen LogP contribution in [0.1, 0.15) is 33.3 Å². The van der Waals surface area contributed by atoms with Crippen LogP contribution >= 0.6 is 11.3 Å². The van der Waals surface area contributed by atoms with E-state index >= 15 is 0 Å². The van der Waals surface area contributed by atoms with Crippen LogP contribution in [0.3, 0.4) is 0 Å². The Labute approximate surface area is 165 Å². The second kappa shape index (κ2) is 7.84. The van der Waals surface area contributed by atoms with Crippen LogP contribution in [0.4, 0.5) is 9.52 Å². The Kier molecular flexibility index (Phi) is 5.27. The molecule has 2 atom stereocenters.